The average molecular weight is 162 g/mol. The first-order valence-electron chi connectivity index (χ1n) is 3.48. The summed E-state index contributed by atoms with van der Waals surface area (Å²) in [6.07, 6.45) is 0.657. The summed E-state index contributed by atoms with van der Waals surface area (Å²) < 4.78 is 0. The Morgan fingerprint density at radius 3 is 1.27 bits per heavy atom. The molecule has 2 N–H and O–H groups in total. The van der Waals surface area contributed by atoms with Crippen LogP contribution in [-0.2, 0) is 9.59 Å². The van der Waals surface area contributed by atoms with Crippen molar-refractivity contribution in [2.75, 3.05) is 0 Å². The molecule has 0 fully saturated rings. The average Bonchev–Trinajstić information content (AvgIpc) is 1.85. The minimum absolute atomic E-state index is 0.296. The van der Waals surface area contributed by atoms with Crippen LogP contribution in [0.15, 0.2) is 0 Å². The van der Waals surface area contributed by atoms with E-state index in [1.54, 1.807) is 0 Å². The van der Waals surface area contributed by atoms with E-state index in [4.69, 9.17) is 10.2 Å². The number of hydrogen-bond acceptors (Lipinski definition) is 2. The van der Waals surface area contributed by atoms with Gasteiger partial charge < -0.3 is 10.2 Å². The third kappa shape index (κ3) is 27.7. The molecule has 0 bridgehead atoms. The maximum absolute atomic E-state index is 9.64. The van der Waals surface area contributed by atoms with Crippen LogP contribution in [0.3, 0.4) is 0 Å². The first-order valence-corrected chi connectivity index (χ1v) is 3.48. The van der Waals surface area contributed by atoms with Crippen molar-refractivity contribution in [3.63, 3.8) is 0 Å². The summed E-state index contributed by atoms with van der Waals surface area (Å²) in [5, 5.41) is 15.8. The standard InChI is InChI=1S/C4H6O4.C3H8/c5-3(6)1-2-4(7)8;1-3-2/h1-2H2,(H,5,6)(H,7,8);3H2,1-2H3. The highest BCUT2D eigenvalue weighted by atomic mass is 16.4. The quantitative estimate of drug-likeness (QED) is 0.656. The second-order valence-corrected chi connectivity index (χ2v) is 1.99. The molecule has 0 atom stereocenters. The molecule has 0 aromatic carbocycles. The molecule has 4 heteroatoms. The van der Waals surface area contributed by atoms with Gasteiger partial charge in [0, 0.05) is 0 Å². The third-order valence-corrected chi connectivity index (χ3v) is 0.553. The summed E-state index contributed by atoms with van der Waals surface area (Å²) in [6.45, 7) is 4.25. The monoisotopic (exact) mass is 162 g/mol. The number of carboxylic acid groups (broad SMARTS) is 2. The fourth-order valence-corrected chi connectivity index (χ4v) is 0.214. The smallest absolute Gasteiger partial charge is 0.303 e. The normalized spacial score (nSPS) is 7.82. The van der Waals surface area contributed by atoms with Crippen molar-refractivity contribution >= 4 is 11.9 Å². The molecule has 0 spiro atoms. The predicted molar refractivity (Wildman–Crippen MR) is 40.5 cm³/mol. The summed E-state index contributed by atoms with van der Waals surface area (Å²) in [6, 6.07) is 0. The summed E-state index contributed by atoms with van der Waals surface area (Å²) in [4.78, 5) is 19.3. The van der Waals surface area contributed by atoms with Crippen LogP contribution in [0.1, 0.15) is 33.1 Å². The second-order valence-electron chi connectivity index (χ2n) is 1.99. The van der Waals surface area contributed by atoms with Gasteiger partial charge in [-0.3, -0.25) is 9.59 Å². The van der Waals surface area contributed by atoms with Crippen LogP contribution in [0.5, 0.6) is 0 Å². The lowest BCUT2D eigenvalue weighted by Gasteiger charge is -1.85. The highest BCUT2D eigenvalue weighted by molar-refractivity contribution is 5.75. The molecule has 0 amide bonds. The van der Waals surface area contributed by atoms with Crippen LogP contribution in [0.2, 0.25) is 0 Å². The Kier molecular flexibility index (Phi) is 10.2. The Morgan fingerprint density at radius 2 is 1.18 bits per heavy atom. The van der Waals surface area contributed by atoms with Gasteiger partial charge in [-0.25, -0.2) is 0 Å². The van der Waals surface area contributed by atoms with Crippen LogP contribution in [0.25, 0.3) is 0 Å². The van der Waals surface area contributed by atoms with Gasteiger partial charge in [-0.2, -0.15) is 0 Å². The number of carbonyl (C=O) groups is 2. The lowest BCUT2D eigenvalue weighted by molar-refractivity contribution is -0.143. The second kappa shape index (κ2) is 8.94. The molecule has 0 aliphatic carbocycles. The van der Waals surface area contributed by atoms with Crippen molar-refractivity contribution in [1.29, 1.82) is 0 Å². The summed E-state index contributed by atoms with van der Waals surface area (Å²) in [7, 11) is 0. The van der Waals surface area contributed by atoms with Crippen molar-refractivity contribution in [3.8, 4) is 0 Å². The highest BCUT2D eigenvalue weighted by Gasteiger charge is 2.00. The van der Waals surface area contributed by atoms with E-state index < -0.39 is 11.9 Å². The molecule has 0 unspecified atom stereocenters. The van der Waals surface area contributed by atoms with Gasteiger partial charge in [-0.15, -0.1) is 0 Å². The lowest BCUT2D eigenvalue weighted by Crippen LogP contribution is -2.00. The van der Waals surface area contributed by atoms with E-state index in [2.05, 4.69) is 13.8 Å². The van der Waals surface area contributed by atoms with E-state index in [1.165, 1.54) is 6.42 Å². The van der Waals surface area contributed by atoms with Crippen molar-refractivity contribution in [2.45, 2.75) is 33.1 Å². The van der Waals surface area contributed by atoms with Crippen molar-refractivity contribution in [2.24, 2.45) is 0 Å². The van der Waals surface area contributed by atoms with Crippen molar-refractivity contribution in [1.82, 2.24) is 0 Å². The Hall–Kier alpha value is -1.06. The van der Waals surface area contributed by atoms with Crippen LogP contribution >= 0.6 is 0 Å². The number of hydrogen-bond donors (Lipinski definition) is 2. The lowest BCUT2D eigenvalue weighted by atomic mass is 10.3. The first kappa shape index (κ1) is 12.6. The Morgan fingerprint density at radius 1 is 1.00 bits per heavy atom. The van der Waals surface area contributed by atoms with Crippen molar-refractivity contribution < 1.29 is 19.8 Å². The van der Waals surface area contributed by atoms with Gasteiger partial charge in [0.2, 0.25) is 0 Å². The minimum atomic E-state index is -1.08. The molecular formula is C7H14O4. The molecule has 4 nitrogen and oxygen atoms in total. The van der Waals surface area contributed by atoms with Crippen LogP contribution < -0.4 is 0 Å². The third-order valence-electron chi connectivity index (χ3n) is 0.553. The summed E-state index contributed by atoms with van der Waals surface area (Å²) >= 11 is 0. The van der Waals surface area contributed by atoms with Crippen LogP contribution in [-0.4, -0.2) is 22.2 Å². The van der Waals surface area contributed by atoms with Gasteiger partial charge in [0.1, 0.15) is 0 Å². The van der Waals surface area contributed by atoms with E-state index in [1.807, 2.05) is 0 Å². The zero-order valence-corrected chi connectivity index (χ0v) is 6.83. The van der Waals surface area contributed by atoms with Gasteiger partial charge in [0.05, 0.1) is 12.8 Å². The van der Waals surface area contributed by atoms with Gasteiger partial charge >= 0.3 is 11.9 Å². The molecular weight excluding hydrogens is 148 g/mol. The Balaban J connectivity index is 0. The predicted octanol–water partition coefficient (Wildman–Crippen LogP) is 1.35. The van der Waals surface area contributed by atoms with Gasteiger partial charge in [-0.1, -0.05) is 20.3 Å². The Labute approximate surface area is 65.8 Å². The molecule has 0 heterocycles. The molecule has 11 heavy (non-hydrogen) atoms. The SMILES string of the molecule is CCC.O=C(O)CCC(=O)O. The zero-order chi connectivity index (χ0) is 9.28. The molecule has 0 aliphatic heterocycles. The molecule has 0 radical (unpaired) electrons. The van der Waals surface area contributed by atoms with Crippen LogP contribution in [0, 0.1) is 0 Å². The number of aliphatic carboxylic acids is 2. The Bertz CT molecular complexity index is 106. The largest absolute Gasteiger partial charge is 0.481 e. The molecule has 0 saturated carbocycles. The van der Waals surface area contributed by atoms with Gasteiger partial charge in [-0.05, 0) is 0 Å². The number of carboxylic acids is 2. The molecule has 66 valence electrons. The summed E-state index contributed by atoms with van der Waals surface area (Å²) in [5.74, 6) is -2.15. The highest BCUT2D eigenvalue weighted by Crippen LogP contribution is 1.86. The molecule has 0 saturated heterocycles. The molecule has 0 aliphatic rings. The fraction of sp³-hybridized carbons (Fsp3) is 0.714. The maximum Gasteiger partial charge on any atom is 0.303 e. The molecule has 0 aromatic heterocycles. The summed E-state index contributed by atoms with van der Waals surface area (Å²) in [5.41, 5.74) is 0. The van der Waals surface area contributed by atoms with E-state index in [-0.39, 0.29) is 12.8 Å². The van der Waals surface area contributed by atoms with Crippen LogP contribution in [0.4, 0.5) is 0 Å². The van der Waals surface area contributed by atoms with E-state index in [0.717, 1.165) is 0 Å². The molecule has 0 rings (SSSR count). The zero-order valence-electron chi connectivity index (χ0n) is 6.83. The number of rotatable bonds is 3. The van der Waals surface area contributed by atoms with E-state index >= 15 is 0 Å². The topological polar surface area (TPSA) is 74.6 Å². The van der Waals surface area contributed by atoms with Crippen molar-refractivity contribution in [3.05, 3.63) is 0 Å². The van der Waals surface area contributed by atoms with Gasteiger partial charge in [0.15, 0.2) is 0 Å². The maximum atomic E-state index is 9.64. The van der Waals surface area contributed by atoms with E-state index in [0.29, 0.717) is 0 Å². The van der Waals surface area contributed by atoms with Gasteiger partial charge in [0.25, 0.3) is 0 Å². The fourth-order valence-electron chi connectivity index (χ4n) is 0.214. The minimum Gasteiger partial charge on any atom is -0.481 e. The molecule has 0 aromatic rings. The first-order chi connectivity index (χ1) is 5.04. The van der Waals surface area contributed by atoms with E-state index in [9.17, 15) is 9.59 Å².